The van der Waals surface area contributed by atoms with E-state index in [4.69, 9.17) is 0 Å². The minimum absolute atomic E-state index is 0.104. The number of aromatic nitrogens is 3. The first-order valence-corrected chi connectivity index (χ1v) is 9.92. The summed E-state index contributed by atoms with van der Waals surface area (Å²) in [5.41, 5.74) is 5.18. The maximum Gasteiger partial charge on any atom is 0.221 e. The van der Waals surface area contributed by atoms with Crippen molar-refractivity contribution in [3.63, 3.8) is 0 Å². The monoisotopic (exact) mass is 410 g/mol. The molecule has 1 N–H and O–H groups in total. The van der Waals surface area contributed by atoms with Crippen LogP contribution in [-0.2, 0) is 4.79 Å². The lowest BCUT2D eigenvalue weighted by atomic mass is 9.96. The minimum atomic E-state index is -0.171. The van der Waals surface area contributed by atoms with Gasteiger partial charge in [0, 0.05) is 41.5 Å². The molecule has 0 spiro atoms. The highest BCUT2D eigenvalue weighted by Gasteiger charge is 2.16. The highest BCUT2D eigenvalue weighted by atomic mass is 16.1. The first-order chi connectivity index (χ1) is 14.9. The zero-order valence-corrected chi connectivity index (χ0v) is 17.6. The molecule has 0 fully saturated rings. The van der Waals surface area contributed by atoms with E-state index in [2.05, 4.69) is 15.4 Å². The topological polar surface area (TPSA) is 76.9 Å². The van der Waals surface area contributed by atoms with Crippen molar-refractivity contribution in [1.29, 1.82) is 0 Å². The van der Waals surface area contributed by atoms with Crippen molar-refractivity contribution in [2.45, 2.75) is 20.8 Å². The van der Waals surface area contributed by atoms with Gasteiger partial charge < -0.3 is 5.32 Å². The third-order valence-corrected chi connectivity index (χ3v) is 5.06. The number of amides is 1. The van der Waals surface area contributed by atoms with Gasteiger partial charge in [0.05, 0.1) is 17.4 Å². The van der Waals surface area contributed by atoms with Crippen molar-refractivity contribution in [2.24, 2.45) is 0 Å². The lowest BCUT2D eigenvalue weighted by Gasteiger charge is -2.12. The fourth-order valence-corrected chi connectivity index (χ4v) is 3.50. The van der Waals surface area contributed by atoms with Crippen molar-refractivity contribution in [3.8, 4) is 0 Å². The van der Waals surface area contributed by atoms with E-state index in [-0.39, 0.29) is 11.7 Å². The smallest absolute Gasteiger partial charge is 0.221 e. The Kier molecular flexibility index (Phi) is 5.45. The number of nitrogens with zero attached hydrogens (tertiary/aromatic N) is 3. The van der Waals surface area contributed by atoms with Gasteiger partial charge in [-0.2, -0.15) is 5.10 Å². The molecule has 0 bridgehead atoms. The minimum Gasteiger partial charge on any atom is -0.326 e. The molecule has 0 aliphatic carbocycles. The molecular weight excluding hydrogens is 388 g/mol. The molecule has 0 aliphatic rings. The number of nitrogens with one attached hydrogen (secondary N) is 1. The predicted octanol–water partition coefficient (Wildman–Crippen LogP) is 4.87. The highest BCUT2D eigenvalue weighted by Crippen LogP contribution is 2.25. The second-order valence-corrected chi connectivity index (χ2v) is 7.43. The summed E-state index contributed by atoms with van der Waals surface area (Å²) in [4.78, 5) is 29.1. The number of anilines is 1. The van der Waals surface area contributed by atoms with Gasteiger partial charge in [-0.15, -0.1) is 0 Å². The summed E-state index contributed by atoms with van der Waals surface area (Å²) in [5, 5.41) is 8.13. The van der Waals surface area contributed by atoms with Crippen molar-refractivity contribution in [1.82, 2.24) is 14.8 Å². The summed E-state index contributed by atoms with van der Waals surface area (Å²) in [6.45, 7) is 5.26. The molecule has 2 aromatic carbocycles. The average molecular weight is 410 g/mol. The van der Waals surface area contributed by atoms with Crippen molar-refractivity contribution in [2.75, 3.05) is 5.32 Å². The van der Waals surface area contributed by atoms with Gasteiger partial charge in [-0.3, -0.25) is 14.6 Å². The maximum atomic E-state index is 13.3. The third-order valence-electron chi connectivity index (χ3n) is 5.06. The van der Waals surface area contributed by atoms with E-state index in [1.807, 2.05) is 62.5 Å². The van der Waals surface area contributed by atoms with Gasteiger partial charge >= 0.3 is 0 Å². The van der Waals surface area contributed by atoms with E-state index in [0.29, 0.717) is 16.8 Å². The number of benzene rings is 2. The van der Waals surface area contributed by atoms with Gasteiger partial charge in [-0.25, -0.2) is 4.68 Å². The van der Waals surface area contributed by atoms with Crippen LogP contribution in [0.2, 0.25) is 0 Å². The fraction of sp³-hybridized carbons (Fsp3) is 0.120. The molecule has 0 saturated carbocycles. The van der Waals surface area contributed by atoms with Crippen molar-refractivity contribution >= 4 is 40.6 Å². The van der Waals surface area contributed by atoms with E-state index in [0.717, 1.165) is 27.7 Å². The molecular formula is C25H22N4O2. The van der Waals surface area contributed by atoms with Gasteiger partial charge in [0.1, 0.15) is 0 Å². The molecule has 0 unspecified atom stereocenters. The Balaban J connectivity index is 1.71. The Morgan fingerprint density at radius 1 is 1.03 bits per heavy atom. The second kappa shape index (κ2) is 8.36. The molecule has 2 aromatic heterocycles. The molecule has 154 valence electrons. The Morgan fingerprint density at radius 2 is 1.87 bits per heavy atom. The number of ketones is 1. The van der Waals surface area contributed by atoms with E-state index in [9.17, 15) is 9.59 Å². The summed E-state index contributed by atoms with van der Waals surface area (Å²) in [5.74, 6) is -0.275. The zero-order chi connectivity index (χ0) is 22.0. The molecule has 4 rings (SSSR count). The van der Waals surface area contributed by atoms with Crippen molar-refractivity contribution in [3.05, 3.63) is 88.9 Å². The number of hydrogen-bond donors (Lipinski definition) is 1. The zero-order valence-electron chi connectivity index (χ0n) is 17.6. The lowest BCUT2D eigenvalue weighted by Crippen LogP contribution is -2.10. The van der Waals surface area contributed by atoms with Crippen LogP contribution in [0.15, 0.2) is 60.9 Å². The molecule has 1 amide bonds. The summed E-state index contributed by atoms with van der Waals surface area (Å²) in [7, 11) is 0. The van der Waals surface area contributed by atoms with Crippen LogP contribution in [0.4, 0.5) is 5.69 Å². The van der Waals surface area contributed by atoms with E-state index >= 15 is 0 Å². The van der Waals surface area contributed by atoms with Gasteiger partial charge in [0.2, 0.25) is 5.91 Å². The number of fused-ring (bicyclic) bond motifs is 1. The quantitative estimate of drug-likeness (QED) is 0.477. The molecule has 6 nitrogen and oxygen atoms in total. The van der Waals surface area contributed by atoms with Crippen molar-refractivity contribution < 1.29 is 9.59 Å². The number of hydrogen-bond acceptors (Lipinski definition) is 4. The summed E-state index contributed by atoms with van der Waals surface area (Å²) < 4.78 is 1.73. The molecule has 31 heavy (non-hydrogen) atoms. The lowest BCUT2D eigenvalue weighted by molar-refractivity contribution is -0.114. The highest BCUT2D eigenvalue weighted by molar-refractivity contribution is 6.12. The molecule has 6 heteroatoms. The second-order valence-electron chi connectivity index (χ2n) is 7.43. The van der Waals surface area contributed by atoms with Crippen LogP contribution < -0.4 is 5.32 Å². The van der Waals surface area contributed by atoms with Gasteiger partial charge in [-0.1, -0.05) is 24.3 Å². The normalized spacial score (nSPS) is 11.2. The molecule has 2 heterocycles. The van der Waals surface area contributed by atoms with E-state index in [1.54, 1.807) is 29.2 Å². The molecule has 4 aromatic rings. The van der Waals surface area contributed by atoms with Crippen LogP contribution in [-0.4, -0.2) is 26.5 Å². The molecule has 0 radical (unpaired) electrons. The standard InChI is InChI=1S/C25H22N4O2/c1-16-12-17(2)23(28-18(3)30)14-22(16)25(31)19-7-8-20-15-27-29(24(20)13-19)11-9-21-6-4-5-10-26-21/h4-15H,1-3H3,(H,28,30). The first kappa shape index (κ1) is 20.2. The Hall–Kier alpha value is -4.06. The summed E-state index contributed by atoms with van der Waals surface area (Å²) in [6, 6.07) is 14.9. The SMILES string of the molecule is CC(=O)Nc1cc(C(=O)c2ccc3cnn(C=Cc4ccccn4)c3c2)c(C)cc1C. The number of carbonyl (C=O) groups excluding carboxylic acids is 2. The number of carbonyl (C=O) groups is 2. The first-order valence-electron chi connectivity index (χ1n) is 9.92. The number of pyridine rings is 1. The Labute approximate surface area is 180 Å². The van der Waals surface area contributed by atoms with Crippen LogP contribution in [0, 0.1) is 13.8 Å². The maximum absolute atomic E-state index is 13.3. The molecule has 0 atom stereocenters. The fourth-order valence-electron chi connectivity index (χ4n) is 3.50. The predicted molar refractivity (Wildman–Crippen MR) is 123 cm³/mol. The molecule has 0 aliphatic heterocycles. The average Bonchev–Trinajstić information content (AvgIpc) is 3.16. The van der Waals surface area contributed by atoms with Crippen LogP contribution in [0.25, 0.3) is 23.2 Å². The van der Waals surface area contributed by atoms with E-state index in [1.165, 1.54) is 6.92 Å². The van der Waals surface area contributed by atoms with Gasteiger partial charge in [-0.05, 0) is 55.3 Å². The summed E-state index contributed by atoms with van der Waals surface area (Å²) in [6.07, 6.45) is 7.19. The molecule has 0 saturated heterocycles. The number of aryl methyl sites for hydroxylation is 2. The van der Waals surface area contributed by atoms with Crippen LogP contribution >= 0.6 is 0 Å². The van der Waals surface area contributed by atoms with Gasteiger partial charge in [0.15, 0.2) is 5.78 Å². The van der Waals surface area contributed by atoms with E-state index < -0.39 is 0 Å². The van der Waals surface area contributed by atoms with Gasteiger partial charge in [0.25, 0.3) is 0 Å². The largest absolute Gasteiger partial charge is 0.326 e. The number of rotatable bonds is 5. The third kappa shape index (κ3) is 4.28. The Morgan fingerprint density at radius 3 is 2.61 bits per heavy atom. The van der Waals surface area contributed by atoms with Crippen LogP contribution in [0.1, 0.15) is 39.7 Å². The summed E-state index contributed by atoms with van der Waals surface area (Å²) >= 11 is 0. The van der Waals surface area contributed by atoms with Crippen LogP contribution in [0.5, 0.6) is 0 Å². The van der Waals surface area contributed by atoms with Crippen LogP contribution in [0.3, 0.4) is 0 Å². The Bertz CT molecular complexity index is 1320.